The standard InChI is InChI=1S/C30H29NO2/c1-21(32)23-11-13-25(14-12-23)27-7-4-8-28(18-27)29-15-16-31-19-30(29)33-20-22-9-10-24-5-2-3-6-26(24)17-22/h2-14,17-18,29-31H,15-16,19-20H2,1H3/t29-,30+/m1/s1. The van der Waals surface area contributed by atoms with Crippen LogP contribution in [0.25, 0.3) is 21.9 Å². The van der Waals surface area contributed by atoms with Crippen LogP contribution >= 0.6 is 0 Å². The Kier molecular flexibility index (Phi) is 6.34. The highest BCUT2D eigenvalue weighted by atomic mass is 16.5. The van der Waals surface area contributed by atoms with Crippen LogP contribution in [0.3, 0.4) is 0 Å². The fourth-order valence-corrected chi connectivity index (χ4v) is 4.76. The number of hydrogen-bond donors (Lipinski definition) is 1. The van der Waals surface area contributed by atoms with E-state index in [1.54, 1.807) is 6.92 Å². The summed E-state index contributed by atoms with van der Waals surface area (Å²) < 4.78 is 6.47. The van der Waals surface area contributed by atoms with Gasteiger partial charge in [-0.25, -0.2) is 0 Å². The number of benzene rings is 4. The van der Waals surface area contributed by atoms with Crippen LogP contribution in [0.15, 0.2) is 91.0 Å². The number of ketones is 1. The molecule has 33 heavy (non-hydrogen) atoms. The van der Waals surface area contributed by atoms with Gasteiger partial charge in [0.2, 0.25) is 0 Å². The number of nitrogens with one attached hydrogen (secondary N) is 1. The number of fused-ring (bicyclic) bond motifs is 1. The van der Waals surface area contributed by atoms with Gasteiger partial charge in [-0.2, -0.15) is 0 Å². The normalized spacial score (nSPS) is 18.3. The molecule has 0 radical (unpaired) electrons. The lowest BCUT2D eigenvalue weighted by Crippen LogP contribution is -2.41. The zero-order valence-corrected chi connectivity index (χ0v) is 19.0. The number of hydrogen-bond acceptors (Lipinski definition) is 3. The van der Waals surface area contributed by atoms with E-state index < -0.39 is 0 Å². The van der Waals surface area contributed by atoms with Crippen LogP contribution in [-0.2, 0) is 11.3 Å². The van der Waals surface area contributed by atoms with E-state index in [-0.39, 0.29) is 11.9 Å². The van der Waals surface area contributed by atoms with Gasteiger partial charge in [-0.15, -0.1) is 0 Å². The van der Waals surface area contributed by atoms with Crippen LogP contribution < -0.4 is 5.32 Å². The minimum atomic E-state index is 0.0939. The van der Waals surface area contributed by atoms with E-state index in [1.807, 2.05) is 24.3 Å². The summed E-state index contributed by atoms with van der Waals surface area (Å²) >= 11 is 0. The van der Waals surface area contributed by atoms with Gasteiger partial charge >= 0.3 is 0 Å². The Morgan fingerprint density at radius 2 is 1.70 bits per heavy atom. The van der Waals surface area contributed by atoms with E-state index in [4.69, 9.17) is 4.74 Å². The number of carbonyl (C=O) groups excluding carboxylic acids is 1. The van der Waals surface area contributed by atoms with Crippen LogP contribution in [-0.4, -0.2) is 25.0 Å². The molecule has 0 bridgehead atoms. The first-order valence-electron chi connectivity index (χ1n) is 11.7. The molecule has 1 saturated heterocycles. The molecule has 1 aliphatic heterocycles. The summed E-state index contributed by atoms with van der Waals surface area (Å²) in [7, 11) is 0. The molecule has 0 amide bonds. The second kappa shape index (κ2) is 9.70. The zero-order valence-electron chi connectivity index (χ0n) is 19.0. The van der Waals surface area contributed by atoms with E-state index in [2.05, 4.69) is 72.0 Å². The Balaban J connectivity index is 1.33. The fourth-order valence-electron chi connectivity index (χ4n) is 4.76. The largest absolute Gasteiger partial charge is 0.372 e. The van der Waals surface area contributed by atoms with Gasteiger partial charge in [0.25, 0.3) is 0 Å². The predicted molar refractivity (Wildman–Crippen MR) is 135 cm³/mol. The highest BCUT2D eigenvalue weighted by molar-refractivity contribution is 5.94. The lowest BCUT2D eigenvalue weighted by Gasteiger charge is -2.33. The quantitative estimate of drug-likeness (QED) is 0.358. The van der Waals surface area contributed by atoms with Crippen molar-refractivity contribution in [2.45, 2.75) is 32.0 Å². The Bertz CT molecular complexity index is 1260. The third-order valence-electron chi connectivity index (χ3n) is 6.64. The van der Waals surface area contributed by atoms with E-state index in [1.165, 1.54) is 27.5 Å². The molecular formula is C30H29NO2. The maximum absolute atomic E-state index is 11.6. The Morgan fingerprint density at radius 1 is 0.879 bits per heavy atom. The number of piperidine rings is 1. The van der Waals surface area contributed by atoms with E-state index in [0.717, 1.165) is 30.6 Å². The van der Waals surface area contributed by atoms with Crippen LogP contribution in [0.4, 0.5) is 0 Å². The average Bonchev–Trinajstić information content (AvgIpc) is 2.87. The monoisotopic (exact) mass is 435 g/mol. The maximum atomic E-state index is 11.6. The second-order valence-electron chi connectivity index (χ2n) is 8.89. The highest BCUT2D eigenvalue weighted by Crippen LogP contribution is 2.31. The molecule has 166 valence electrons. The zero-order chi connectivity index (χ0) is 22.6. The van der Waals surface area contributed by atoms with Gasteiger partial charge in [-0.05, 0) is 59.0 Å². The number of Topliss-reactive ketones (excluding diaryl/α,β-unsaturated/α-hetero) is 1. The summed E-state index contributed by atoms with van der Waals surface area (Å²) in [6.07, 6.45) is 1.18. The van der Waals surface area contributed by atoms with Gasteiger partial charge in [0.15, 0.2) is 5.78 Å². The first kappa shape index (κ1) is 21.6. The summed E-state index contributed by atoms with van der Waals surface area (Å²) in [5, 5.41) is 6.01. The summed E-state index contributed by atoms with van der Waals surface area (Å²) in [4.78, 5) is 11.6. The number of ether oxygens (including phenoxy) is 1. The molecular weight excluding hydrogens is 406 g/mol. The van der Waals surface area contributed by atoms with Crippen LogP contribution in [0.1, 0.15) is 40.7 Å². The fraction of sp³-hybridized carbons (Fsp3) is 0.233. The van der Waals surface area contributed by atoms with Crippen molar-refractivity contribution in [1.29, 1.82) is 0 Å². The molecule has 1 N–H and O–H groups in total. The van der Waals surface area contributed by atoms with Crippen molar-refractivity contribution >= 4 is 16.6 Å². The van der Waals surface area contributed by atoms with E-state index >= 15 is 0 Å². The van der Waals surface area contributed by atoms with Crippen molar-refractivity contribution < 1.29 is 9.53 Å². The predicted octanol–water partition coefficient (Wildman–Crippen LogP) is 6.37. The molecule has 0 unspecified atom stereocenters. The van der Waals surface area contributed by atoms with Gasteiger partial charge in [0, 0.05) is 18.0 Å². The van der Waals surface area contributed by atoms with Gasteiger partial charge in [-0.1, -0.05) is 84.9 Å². The number of carbonyl (C=O) groups is 1. The van der Waals surface area contributed by atoms with Crippen molar-refractivity contribution in [3.05, 3.63) is 108 Å². The van der Waals surface area contributed by atoms with Crippen molar-refractivity contribution in [1.82, 2.24) is 5.32 Å². The molecule has 5 rings (SSSR count). The van der Waals surface area contributed by atoms with Gasteiger partial charge in [0.1, 0.15) is 0 Å². The summed E-state index contributed by atoms with van der Waals surface area (Å²) in [6, 6.07) is 31.7. The average molecular weight is 436 g/mol. The molecule has 0 spiro atoms. The lowest BCUT2D eigenvalue weighted by molar-refractivity contribution is 0.0107. The molecule has 1 heterocycles. The summed E-state index contributed by atoms with van der Waals surface area (Å²) in [5.41, 5.74) is 5.57. The van der Waals surface area contributed by atoms with Crippen LogP contribution in [0.2, 0.25) is 0 Å². The number of rotatable bonds is 6. The molecule has 3 heteroatoms. The van der Waals surface area contributed by atoms with Crippen molar-refractivity contribution in [3.63, 3.8) is 0 Å². The van der Waals surface area contributed by atoms with Crippen molar-refractivity contribution in [3.8, 4) is 11.1 Å². The van der Waals surface area contributed by atoms with Crippen LogP contribution in [0.5, 0.6) is 0 Å². The van der Waals surface area contributed by atoms with Crippen molar-refractivity contribution in [2.24, 2.45) is 0 Å². The topological polar surface area (TPSA) is 38.3 Å². The third-order valence-corrected chi connectivity index (χ3v) is 6.64. The Hall–Kier alpha value is -3.27. The molecule has 3 nitrogen and oxygen atoms in total. The lowest BCUT2D eigenvalue weighted by atomic mass is 9.86. The SMILES string of the molecule is CC(=O)c1ccc(-c2cccc([C@H]3CCNC[C@@H]3OCc3ccc4ccccc4c3)c2)cc1. The first-order chi connectivity index (χ1) is 16.2. The second-order valence-corrected chi connectivity index (χ2v) is 8.89. The van der Waals surface area contributed by atoms with Gasteiger partial charge < -0.3 is 10.1 Å². The van der Waals surface area contributed by atoms with E-state index in [9.17, 15) is 4.79 Å². The molecule has 4 aromatic rings. The minimum absolute atomic E-state index is 0.0939. The van der Waals surface area contributed by atoms with E-state index in [0.29, 0.717) is 12.5 Å². The Morgan fingerprint density at radius 3 is 2.52 bits per heavy atom. The highest BCUT2D eigenvalue weighted by Gasteiger charge is 2.27. The van der Waals surface area contributed by atoms with Crippen molar-refractivity contribution in [2.75, 3.05) is 13.1 Å². The van der Waals surface area contributed by atoms with Gasteiger partial charge in [-0.3, -0.25) is 4.79 Å². The Labute approximate surface area is 195 Å². The maximum Gasteiger partial charge on any atom is 0.159 e. The molecule has 0 aliphatic carbocycles. The summed E-state index contributed by atoms with van der Waals surface area (Å²) in [5.74, 6) is 0.444. The molecule has 0 saturated carbocycles. The molecule has 1 fully saturated rings. The summed E-state index contributed by atoms with van der Waals surface area (Å²) in [6.45, 7) is 4.07. The van der Waals surface area contributed by atoms with Crippen LogP contribution in [0, 0.1) is 0 Å². The van der Waals surface area contributed by atoms with Gasteiger partial charge in [0.05, 0.1) is 12.7 Å². The third kappa shape index (κ3) is 4.90. The molecule has 1 aliphatic rings. The molecule has 4 aromatic carbocycles. The first-order valence-corrected chi connectivity index (χ1v) is 11.7. The smallest absolute Gasteiger partial charge is 0.159 e. The molecule has 0 aromatic heterocycles. The minimum Gasteiger partial charge on any atom is -0.372 e. The molecule has 2 atom stereocenters.